The van der Waals surface area contributed by atoms with E-state index in [2.05, 4.69) is 0 Å². The van der Waals surface area contributed by atoms with Crippen LogP contribution < -0.4 is 0 Å². The van der Waals surface area contributed by atoms with Gasteiger partial charge in [0.05, 0.1) is 45.7 Å². The lowest BCUT2D eigenvalue weighted by atomic mass is 9.76. The van der Waals surface area contributed by atoms with E-state index in [1.807, 2.05) is 152 Å². The molecule has 0 saturated heterocycles. The molecule has 1 aliphatic carbocycles. The maximum atomic E-state index is 12.7. The van der Waals surface area contributed by atoms with Crippen LogP contribution in [-0.2, 0) is 56.7 Å². The SMILES string of the molecule is O[C@@]1(COCc2ccccc2)C[C@H](OCc2ccccc2)[C@@H](OCc2ccccc2)[C@H](OCc2ccccc2)[C@@H]1OCc1ccccc1. The van der Waals surface area contributed by atoms with E-state index in [0.29, 0.717) is 33.0 Å². The Labute approximate surface area is 283 Å². The highest BCUT2D eigenvalue weighted by Crippen LogP contribution is 2.39. The lowest BCUT2D eigenvalue weighted by Gasteiger charge is -2.50. The van der Waals surface area contributed by atoms with Crippen molar-refractivity contribution in [1.82, 2.24) is 0 Å². The van der Waals surface area contributed by atoms with Gasteiger partial charge in [-0.1, -0.05) is 152 Å². The van der Waals surface area contributed by atoms with Gasteiger partial charge in [-0.3, -0.25) is 0 Å². The Hall–Kier alpha value is -4.14. The minimum atomic E-state index is -1.45. The highest BCUT2D eigenvalue weighted by atomic mass is 16.6. The van der Waals surface area contributed by atoms with Crippen LogP contribution in [0.3, 0.4) is 0 Å². The lowest BCUT2D eigenvalue weighted by Crippen LogP contribution is -2.66. The molecule has 0 radical (unpaired) electrons. The van der Waals surface area contributed by atoms with Crippen LogP contribution in [0.15, 0.2) is 152 Å². The van der Waals surface area contributed by atoms with Gasteiger partial charge >= 0.3 is 0 Å². The summed E-state index contributed by atoms with van der Waals surface area (Å²) in [4.78, 5) is 0. The van der Waals surface area contributed by atoms with Gasteiger partial charge in [-0.25, -0.2) is 0 Å². The maximum Gasteiger partial charge on any atom is 0.119 e. The van der Waals surface area contributed by atoms with Gasteiger partial charge in [-0.15, -0.1) is 0 Å². The Morgan fingerprint density at radius 2 is 0.792 bits per heavy atom. The van der Waals surface area contributed by atoms with Crippen LogP contribution in [0.5, 0.6) is 0 Å². The Bertz CT molecular complexity index is 1600. The second-order valence-electron chi connectivity index (χ2n) is 12.4. The zero-order chi connectivity index (χ0) is 32.9. The summed E-state index contributed by atoms with van der Waals surface area (Å²) in [6.45, 7) is 1.71. The first-order valence-electron chi connectivity index (χ1n) is 16.6. The Morgan fingerprint density at radius 3 is 1.23 bits per heavy atom. The number of hydrogen-bond acceptors (Lipinski definition) is 6. The number of rotatable bonds is 16. The number of aliphatic hydroxyl groups is 1. The topological polar surface area (TPSA) is 66.4 Å². The Balaban J connectivity index is 1.33. The van der Waals surface area contributed by atoms with E-state index in [-0.39, 0.29) is 13.0 Å². The quantitative estimate of drug-likeness (QED) is 0.119. The molecule has 1 fully saturated rings. The molecule has 5 aromatic carbocycles. The highest BCUT2D eigenvalue weighted by molar-refractivity contribution is 5.18. The minimum Gasteiger partial charge on any atom is -0.385 e. The van der Waals surface area contributed by atoms with Gasteiger partial charge in [-0.2, -0.15) is 0 Å². The van der Waals surface area contributed by atoms with Crippen LogP contribution in [0.4, 0.5) is 0 Å². The van der Waals surface area contributed by atoms with E-state index < -0.39 is 30.0 Å². The van der Waals surface area contributed by atoms with Crippen LogP contribution in [0.1, 0.15) is 34.2 Å². The van der Waals surface area contributed by atoms with Crippen molar-refractivity contribution in [3.05, 3.63) is 179 Å². The van der Waals surface area contributed by atoms with E-state index in [1.165, 1.54) is 0 Å². The number of ether oxygens (including phenoxy) is 5. The fourth-order valence-electron chi connectivity index (χ4n) is 6.19. The predicted octanol–water partition coefficient (Wildman–Crippen LogP) is 7.68. The van der Waals surface area contributed by atoms with Crippen LogP contribution in [0.25, 0.3) is 0 Å². The van der Waals surface area contributed by atoms with Crippen molar-refractivity contribution in [2.24, 2.45) is 0 Å². The van der Waals surface area contributed by atoms with Crippen LogP contribution in [0, 0.1) is 0 Å². The van der Waals surface area contributed by atoms with Gasteiger partial charge in [0.15, 0.2) is 0 Å². The fourth-order valence-corrected chi connectivity index (χ4v) is 6.19. The van der Waals surface area contributed by atoms with Gasteiger partial charge in [0.25, 0.3) is 0 Å². The van der Waals surface area contributed by atoms with E-state index in [1.54, 1.807) is 0 Å². The van der Waals surface area contributed by atoms with Gasteiger partial charge in [0.1, 0.15) is 23.9 Å². The summed E-state index contributed by atoms with van der Waals surface area (Å²) in [5, 5.41) is 12.7. The molecule has 1 N–H and O–H groups in total. The first-order chi connectivity index (χ1) is 23.7. The summed E-state index contributed by atoms with van der Waals surface area (Å²) in [6.07, 6.45) is -2.30. The van der Waals surface area contributed by atoms with Gasteiger partial charge < -0.3 is 28.8 Å². The second kappa shape index (κ2) is 17.3. The molecular formula is C42H44O6. The fraction of sp³-hybridized carbons (Fsp3) is 0.286. The Kier molecular flexibility index (Phi) is 12.2. The van der Waals surface area contributed by atoms with E-state index in [4.69, 9.17) is 23.7 Å². The summed E-state index contributed by atoms with van der Waals surface area (Å²) >= 11 is 0. The average molecular weight is 645 g/mol. The normalized spacial score (nSPS) is 22.4. The van der Waals surface area contributed by atoms with Crippen LogP contribution in [-0.4, -0.2) is 41.7 Å². The molecule has 0 unspecified atom stereocenters. The van der Waals surface area contributed by atoms with Crippen molar-refractivity contribution in [3.8, 4) is 0 Å². The summed E-state index contributed by atoms with van der Waals surface area (Å²) < 4.78 is 33.1. The molecule has 5 atom stereocenters. The molecule has 6 heteroatoms. The van der Waals surface area contributed by atoms with Gasteiger partial charge in [-0.05, 0) is 27.8 Å². The third-order valence-electron chi connectivity index (χ3n) is 8.69. The molecule has 1 aliphatic rings. The Morgan fingerprint density at radius 1 is 0.438 bits per heavy atom. The molecule has 1 saturated carbocycles. The maximum absolute atomic E-state index is 12.7. The van der Waals surface area contributed by atoms with Crippen molar-refractivity contribution >= 4 is 0 Å². The molecule has 0 aromatic heterocycles. The van der Waals surface area contributed by atoms with Crippen molar-refractivity contribution < 1.29 is 28.8 Å². The first-order valence-corrected chi connectivity index (χ1v) is 16.6. The standard InChI is InChI=1S/C42H44O6/c43-42(32-44-27-33-16-6-1-7-17-33)26-38(45-28-34-18-8-2-9-19-34)39(46-29-35-20-10-3-11-21-35)40(47-30-36-22-12-4-13-23-36)41(42)48-31-37-24-14-5-15-25-37/h1-25,38-41,43H,26-32H2/t38-,39+,40-,41-,42+/m0/s1. The lowest BCUT2D eigenvalue weighted by molar-refractivity contribution is -0.280. The molecule has 0 aliphatic heterocycles. The van der Waals surface area contributed by atoms with Crippen molar-refractivity contribution in [2.75, 3.05) is 6.61 Å². The van der Waals surface area contributed by atoms with E-state index in [9.17, 15) is 5.11 Å². The van der Waals surface area contributed by atoms with Crippen LogP contribution in [0.2, 0.25) is 0 Å². The third kappa shape index (κ3) is 9.48. The molecule has 0 bridgehead atoms. The van der Waals surface area contributed by atoms with E-state index >= 15 is 0 Å². The van der Waals surface area contributed by atoms with Gasteiger partial charge in [0, 0.05) is 6.42 Å². The van der Waals surface area contributed by atoms with Crippen molar-refractivity contribution in [1.29, 1.82) is 0 Å². The largest absolute Gasteiger partial charge is 0.385 e. The summed E-state index contributed by atoms with van der Waals surface area (Å²) in [5.74, 6) is 0. The molecule has 0 amide bonds. The molecule has 0 heterocycles. The van der Waals surface area contributed by atoms with Crippen molar-refractivity contribution in [3.63, 3.8) is 0 Å². The smallest absolute Gasteiger partial charge is 0.119 e. The molecule has 6 rings (SSSR count). The molecule has 248 valence electrons. The molecular weight excluding hydrogens is 600 g/mol. The summed E-state index contributed by atoms with van der Waals surface area (Å²) in [5.41, 5.74) is 3.66. The zero-order valence-electron chi connectivity index (χ0n) is 27.2. The molecule has 6 nitrogen and oxygen atoms in total. The number of hydrogen-bond donors (Lipinski definition) is 1. The van der Waals surface area contributed by atoms with E-state index in [0.717, 1.165) is 27.8 Å². The molecule has 48 heavy (non-hydrogen) atoms. The highest BCUT2D eigenvalue weighted by Gasteiger charge is 2.55. The number of benzene rings is 5. The minimum absolute atomic E-state index is 0.0309. The second-order valence-corrected chi connectivity index (χ2v) is 12.4. The summed E-state index contributed by atoms with van der Waals surface area (Å²) in [6, 6.07) is 50.1. The average Bonchev–Trinajstić information content (AvgIpc) is 3.14. The monoisotopic (exact) mass is 644 g/mol. The van der Waals surface area contributed by atoms with Crippen molar-refractivity contribution in [2.45, 2.75) is 69.5 Å². The van der Waals surface area contributed by atoms with Crippen LogP contribution >= 0.6 is 0 Å². The predicted molar refractivity (Wildman–Crippen MR) is 186 cm³/mol. The van der Waals surface area contributed by atoms with Gasteiger partial charge in [0.2, 0.25) is 0 Å². The summed E-state index contributed by atoms with van der Waals surface area (Å²) in [7, 11) is 0. The molecule has 0 spiro atoms. The first kappa shape index (κ1) is 33.7. The third-order valence-corrected chi connectivity index (χ3v) is 8.69. The molecule has 5 aromatic rings. The zero-order valence-corrected chi connectivity index (χ0v) is 27.2.